The van der Waals surface area contributed by atoms with Crippen LogP contribution >= 0.6 is 0 Å². The summed E-state index contributed by atoms with van der Waals surface area (Å²) < 4.78 is 30.3. The topological polar surface area (TPSA) is 131 Å². The van der Waals surface area contributed by atoms with E-state index in [4.69, 9.17) is 4.74 Å². The molecule has 0 bridgehead atoms. The molecule has 0 aromatic heterocycles. The van der Waals surface area contributed by atoms with Gasteiger partial charge in [0, 0.05) is 5.69 Å². The molecule has 29 heavy (non-hydrogen) atoms. The highest BCUT2D eigenvalue weighted by molar-refractivity contribution is 7.89. The van der Waals surface area contributed by atoms with Crippen molar-refractivity contribution in [3.8, 4) is 0 Å². The molecule has 0 spiro atoms. The molecule has 0 aliphatic rings. The van der Waals surface area contributed by atoms with E-state index in [9.17, 15) is 22.8 Å². The van der Waals surface area contributed by atoms with Crippen LogP contribution in [-0.4, -0.2) is 40.0 Å². The Bertz CT molecular complexity index is 1030. The standard InChI is InChI=1S/C19H21N3O6S/c1-12-4-7-15(10-13(12)2)21-19(25)22-17(23)11-28-18(24)14-5-8-16(9-6-14)29(26,27)20-3/h4-10,20H,11H2,1-3H3,(H2,21,22,23,25). The van der Waals surface area contributed by atoms with Gasteiger partial charge in [-0.2, -0.15) is 0 Å². The van der Waals surface area contributed by atoms with E-state index >= 15 is 0 Å². The van der Waals surface area contributed by atoms with Gasteiger partial charge in [-0.3, -0.25) is 10.1 Å². The lowest BCUT2D eigenvalue weighted by molar-refractivity contribution is -0.123. The lowest BCUT2D eigenvalue weighted by Crippen LogP contribution is -2.37. The summed E-state index contributed by atoms with van der Waals surface area (Å²) in [5.74, 6) is -1.64. The fraction of sp³-hybridized carbons (Fsp3) is 0.211. The maximum Gasteiger partial charge on any atom is 0.338 e. The molecule has 3 amide bonds. The second-order valence-corrected chi connectivity index (χ2v) is 8.00. The van der Waals surface area contributed by atoms with Crippen LogP contribution in [0.4, 0.5) is 10.5 Å². The second-order valence-electron chi connectivity index (χ2n) is 6.11. The third-order valence-corrected chi connectivity index (χ3v) is 5.45. The van der Waals surface area contributed by atoms with Gasteiger partial charge in [-0.1, -0.05) is 6.07 Å². The highest BCUT2D eigenvalue weighted by atomic mass is 32.2. The van der Waals surface area contributed by atoms with Crippen LogP contribution < -0.4 is 15.4 Å². The van der Waals surface area contributed by atoms with Crippen LogP contribution in [0.15, 0.2) is 47.4 Å². The first-order chi connectivity index (χ1) is 13.6. The van der Waals surface area contributed by atoms with Crippen LogP contribution in [-0.2, 0) is 19.6 Å². The van der Waals surface area contributed by atoms with E-state index in [1.165, 1.54) is 31.3 Å². The Hall–Kier alpha value is -3.24. The fourth-order valence-corrected chi connectivity index (χ4v) is 2.98. The van der Waals surface area contributed by atoms with E-state index in [2.05, 4.69) is 15.4 Å². The van der Waals surface area contributed by atoms with Crippen molar-refractivity contribution in [2.24, 2.45) is 0 Å². The van der Waals surface area contributed by atoms with Gasteiger partial charge in [0.05, 0.1) is 10.5 Å². The van der Waals surface area contributed by atoms with E-state index in [0.717, 1.165) is 11.1 Å². The molecular formula is C19H21N3O6S. The number of aryl methyl sites for hydroxylation is 2. The fourth-order valence-electron chi connectivity index (χ4n) is 2.25. The van der Waals surface area contributed by atoms with Crippen LogP contribution in [0.5, 0.6) is 0 Å². The highest BCUT2D eigenvalue weighted by Gasteiger charge is 2.15. The van der Waals surface area contributed by atoms with Crippen molar-refractivity contribution in [3.63, 3.8) is 0 Å². The van der Waals surface area contributed by atoms with Gasteiger partial charge < -0.3 is 10.1 Å². The first-order valence-electron chi connectivity index (χ1n) is 8.51. The summed E-state index contributed by atoms with van der Waals surface area (Å²) >= 11 is 0. The summed E-state index contributed by atoms with van der Waals surface area (Å²) in [5, 5.41) is 4.56. The number of sulfonamides is 1. The van der Waals surface area contributed by atoms with Crippen molar-refractivity contribution in [3.05, 3.63) is 59.2 Å². The van der Waals surface area contributed by atoms with Crippen molar-refractivity contribution in [2.45, 2.75) is 18.7 Å². The number of carbonyl (C=O) groups is 3. The van der Waals surface area contributed by atoms with E-state index in [1.54, 1.807) is 12.1 Å². The van der Waals surface area contributed by atoms with E-state index in [1.807, 2.05) is 19.9 Å². The van der Waals surface area contributed by atoms with Gasteiger partial charge in [-0.15, -0.1) is 0 Å². The number of ether oxygens (including phenoxy) is 1. The molecule has 0 unspecified atom stereocenters. The molecule has 3 N–H and O–H groups in total. The average molecular weight is 419 g/mol. The van der Waals surface area contributed by atoms with Crippen molar-refractivity contribution in [1.82, 2.24) is 10.0 Å². The number of hydrogen-bond donors (Lipinski definition) is 3. The Labute approximate surface area is 168 Å². The summed E-state index contributed by atoms with van der Waals surface area (Å²) in [6.45, 7) is 3.16. The number of urea groups is 1. The highest BCUT2D eigenvalue weighted by Crippen LogP contribution is 2.14. The first-order valence-corrected chi connectivity index (χ1v) is 9.99. The smallest absolute Gasteiger partial charge is 0.338 e. The lowest BCUT2D eigenvalue weighted by Gasteiger charge is -2.09. The Balaban J connectivity index is 1.85. The first kappa shape index (κ1) is 22.1. The Morgan fingerprint density at radius 3 is 2.21 bits per heavy atom. The van der Waals surface area contributed by atoms with Crippen molar-refractivity contribution in [1.29, 1.82) is 0 Å². The second kappa shape index (κ2) is 9.30. The number of imide groups is 1. The van der Waals surface area contributed by atoms with Gasteiger partial charge >= 0.3 is 12.0 Å². The number of esters is 1. The van der Waals surface area contributed by atoms with Gasteiger partial charge in [-0.05, 0) is 68.4 Å². The number of rotatable bonds is 6. The summed E-state index contributed by atoms with van der Waals surface area (Å²) in [6, 6.07) is 9.53. The summed E-state index contributed by atoms with van der Waals surface area (Å²) in [4.78, 5) is 35.6. The summed E-state index contributed by atoms with van der Waals surface area (Å²) in [6.07, 6.45) is 0. The maximum absolute atomic E-state index is 12.0. The number of carbonyl (C=O) groups excluding carboxylic acids is 3. The molecular weight excluding hydrogens is 398 g/mol. The van der Waals surface area contributed by atoms with Crippen LogP contribution in [0.1, 0.15) is 21.5 Å². The SMILES string of the molecule is CNS(=O)(=O)c1ccc(C(=O)OCC(=O)NC(=O)Nc2ccc(C)c(C)c2)cc1. The largest absolute Gasteiger partial charge is 0.452 e. The minimum Gasteiger partial charge on any atom is -0.452 e. The molecule has 2 aromatic carbocycles. The third kappa shape index (κ3) is 6.13. The van der Waals surface area contributed by atoms with E-state index in [0.29, 0.717) is 5.69 Å². The molecule has 0 saturated carbocycles. The van der Waals surface area contributed by atoms with E-state index in [-0.39, 0.29) is 10.5 Å². The summed E-state index contributed by atoms with van der Waals surface area (Å²) in [7, 11) is -2.35. The molecule has 0 saturated heterocycles. The predicted molar refractivity (Wildman–Crippen MR) is 106 cm³/mol. The monoisotopic (exact) mass is 419 g/mol. The zero-order valence-electron chi connectivity index (χ0n) is 16.1. The maximum atomic E-state index is 12.0. The van der Waals surface area contributed by atoms with E-state index < -0.39 is 34.5 Å². The number of amides is 3. The minimum atomic E-state index is -3.62. The Morgan fingerprint density at radius 1 is 0.966 bits per heavy atom. The van der Waals surface area contributed by atoms with Gasteiger partial charge in [0.25, 0.3) is 5.91 Å². The predicted octanol–water partition coefficient (Wildman–Crippen LogP) is 1.72. The molecule has 10 heteroatoms. The minimum absolute atomic E-state index is 0.0164. The Morgan fingerprint density at radius 2 is 1.62 bits per heavy atom. The van der Waals surface area contributed by atoms with Gasteiger partial charge in [-0.25, -0.2) is 22.7 Å². The zero-order chi connectivity index (χ0) is 21.6. The summed E-state index contributed by atoms with van der Waals surface area (Å²) in [5.41, 5.74) is 2.63. The van der Waals surface area contributed by atoms with Crippen molar-refractivity contribution in [2.75, 3.05) is 19.0 Å². The van der Waals surface area contributed by atoms with Gasteiger partial charge in [0.2, 0.25) is 10.0 Å². The number of benzene rings is 2. The number of nitrogens with one attached hydrogen (secondary N) is 3. The van der Waals surface area contributed by atoms with Crippen molar-refractivity contribution >= 4 is 33.6 Å². The van der Waals surface area contributed by atoms with Crippen LogP contribution in [0.2, 0.25) is 0 Å². The molecule has 154 valence electrons. The molecule has 2 aromatic rings. The van der Waals surface area contributed by atoms with Gasteiger partial charge in [0.1, 0.15) is 0 Å². The van der Waals surface area contributed by atoms with Crippen LogP contribution in [0, 0.1) is 13.8 Å². The molecule has 0 heterocycles. The quantitative estimate of drug-likeness (QED) is 0.611. The molecule has 0 aliphatic heterocycles. The van der Waals surface area contributed by atoms with Crippen molar-refractivity contribution < 1.29 is 27.5 Å². The third-order valence-electron chi connectivity index (χ3n) is 4.02. The molecule has 0 radical (unpaired) electrons. The van der Waals surface area contributed by atoms with Crippen LogP contribution in [0.25, 0.3) is 0 Å². The number of anilines is 1. The molecule has 0 atom stereocenters. The van der Waals surface area contributed by atoms with Crippen LogP contribution in [0.3, 0.4) is 0 Å². The normalized spacial score (nSPS) is 10.9. The molecule has 0 fully saturated rings. The average Bonchev–Trinajstić information content (AvgIpc) is 2.69. The zero-order valence-corrected chi connectivity index (χ0v) is 16.9. The molecule has 0 aliphatic carbocycles. The Kier molecular flexibility index (Phi) is 7.08. The lowest BCUT2D eigenvalue weighted by atomic mass is 10.1. The van der Waals surface area contributed by atoms with Gasteiger partial charge in [0.15, 0.2) is 6.61 Å². The molecule has 9 nitrogen and oxygen atoms in total. The number of hydrogen-bond acceptors (Lipinski definition) is 6. The molecule has 2 rings (SSSR count).